The van der Waals surface area contributed by atoms with Crippen LogP contribution in [0.1, 0.15) is 30.7 Å². The smallest absolute Gasteiger partial charge is 0.291 e. The molecule has 8 heteroatoms. The number of aliphatic imine (C=N–C) groups is 2. The molecule has 3 aromatic rings. The number of amides is 1. The van der Waals surface area contributed by atoms with Gasteiger partial charge in [0, 0.05) is 17.3 Å². The number of fused-ring (bicyclic) bond motifs is 1. The third-order valence-electron chi connectivity index (χ3n) is 4.33. The zero-order valence-electron chi connectivity index (χ0n) is 17.8. The van der Waals surface area contributed by atoms with Crippen LogP contribution in [0.15, 0.2) is 89.0 Å². The third-order valence-corrected chi connectivity index (χ3v) is 4.33. The number of aromatic nitrogens is 1. The summed E-state index contributed by atoms with van der Waals surface area (Å²) in [7, 11) is 0. The summed E-state index contributed by atoms with van der Waals surface area (Å²) in [5.41, 5.74) is 8.99. The van der Waals surface area contributed by atoms with Crippen molar-refractivity contribution in [1.82, 2.24) is 4.98 Å². The number of nitrogens with one attached hydrogen (secondary N) is 2. The van der Waals surface area contributed by atoms with Gasteiger partial charge in [0.15, 0.2) is 0 Å². The minimum absolute atomic E-state index is 0.276. The van der Waals surface area contributed by atoms with Gasteiger partial charge in [0.2, 0.25) is 12.1 Å². The van der Waals surface area contributed by atoms with Crippen LogP contribution in [0.2, 0.25) is 0 Å². The van der Waals surface area contributed by atoms with E-state index in [4.69, 9.17) is 15.9 Å². The fourth-order valence-electron chi connectivity index (χ4n) is 2.96. The number of carbonyl (C=O) groups excluding carboxylic acids is 1. The molecule has 32 heavy (non-hydrogen) atoms. The van der Waals surface area contributed by atoms with Crippen molar-refractivity contribution in [1.29, 1.82) is 5.41 Å². The molecule has 162 valence electrons. The Labute approximate surface area is 186 Å². The van der Waals surface area contributed by atoms with E-state index in [-0.39, 0.29) is 11.9 Å². The Kier molecular flexibility index (Phi) is 7.42. The number of para-hydroxylation sites is 1. The third kappa shape index (κ3) is 5.23. The van der Waals surface area contributed by atoms with Crippen LogP contribution in [0, 0.1) is 5.41 Å². The molecule has 1 atom stereocenters. The van der Waals surface area contributed by atoms with Crippen LogP contribution in [0.4, 0.5) is 5.69 Å². The van der Waals surface area contributed by atoms with Crippen molar-refractivity contribution < 1.29 is 9.53 Å². The first-order valence-electron chi connectivity index (χ1n) is 10.2. The van der Waals surface area contributed by atoms with Gasteiger partial charge in [0.05, 0.1) is 11.4 Å². The van der Waals surface area contributed by atoms with Crippen molar-refractivity contribution in [3.05, 3.63) is 95.8 Å². The van der Waals surface area contributed by atoms with Crippen LogP contribution in [0.25, 0.3) is 0 Å². The Morgan fingerprint density at radius 1 is 1.03 bits per heavy atom. The maximum atomic E-state index is 12.7. The lowest BCUT2D eigenvalue weighted by molar-refractivity contribution is -0.117. The van der Waals surface area contributed by atoms with Gasteiger partial charge < -0.3 is 15.8 Å². The summed E-state index contributed by atoms with van der Waals surface area (Å²) in [5.74, 6) is -0.731. The molecule has 1 aromatic heterocycles. The molecule has 0 radical (unpaired) electrons. The minimum Gasteiger partial charge on any atom is -0.405 e. The van der Waals surface area contributed by atoms with Gasteiger partial charge in [-0.25, -0.2) is 4.99 Å². The van der Waals surface area contributed by atoms with Crippen molar-refractivity contribution in [3.63, 3.8) is 0 Å². The number of benzene rings is 2. The number of hydrogen-bond donors (Lipinski definition) is 3. The summed E-state index contributed by atoms with van der Waals surface area (Å²) < 4.78 is 5.25. The van der Waals surface area contributed by atoms with E-state index in [2.05, 4.69) is 20.3 Å². The predicted molar refractivity (Wildman–Crippen MR) is 126 cm³/mol. The number of amidine groups is 1. The van der Waals surface area contributed by atoms with Gasteiger partial charge in [-0.15, -0.1) is 0 Å². The second kappa shape index (κ2) is 10.6. The monoisotopic (exact) mass is 428 g/mol. The number of anilines is 1. The maximum Gasteiger partial charge on any atom is 0.291 e. The van der Waals surface area contributed by atoms with E-state index in [1.54, 1.807) is 24.3 Å². The highest BCUT2D eigenvalue weighted by Crippen LogP contribution is 2.24. The molecule has 0 fully saturated rings. The molecule has 0 bridgehead atoms. The maximum absolute atomic E-state index is 12.7. The largest absolute Gasteiger partial charge is 0.405 e. The standard InChI is InChI=1S/C22H18N6O2.C2H6/c23-19(17-12-6-7-13-25-17)30-22(24)28-20-21(29)26-16-11-5-4-10-15(16)18(27-20)14-8-2-1-3-9-14;1-2/h1-13,20,23H,(H2,24,28)(H,26,29);1-2H3. The van der Waals surface area contributed by atoms with Gasteiger partial charge in [0.25, 0.3) is 11.9 Å². The molecule has 4 rings (SSSR count). The molecule has 4 N–H and O–H groups in total. The molecule has 1 aliphatic heterocycles. The Hall–Kier alpha value is -4.33. The van der Waals surface area contributed by atoms with Gasteiger partial charge in [0.1, 0.15) is 5.69 Å². The molecular formula is C24H24N6O2. The van der Waals surface area contributed by atoms with E-state index in [1.165, 1.54) is 6.20 Å². The number of hydrogen-bond acceptors (Lipinski definition) is 6. The lowest BCUT2D eigenvalue weighted by Crippen LogP contribution is -2.29. The average molecular weight is 428 g/mol. The summed E-state index contributed by atoms with van der Waals surface area (Å²) in [6.45, 7) is 4.00. The molecule has 2 heterocycles. The van der Waals surface area contributed by atoms with Crippen LogP contribution in [-0.2, 0) is 9.53 Å². The van der Waals surface area contributed by atoms with Crippen molar-refractivity contribution in [2.45, 2.75) is 20.0 Å². The molecule has 0 saturated heterocycles. The van der Waals surface area contributed by atoms with Gasteiger partial charge in [-0.05, 0) is 18.2 Å². The van der Waals surface area contributed by atoms with Crippen LogP contribution in [-0.4, -0.2) is 34.7 Å². The lowest BCUT2D eigenvalue weighted by Gasteiger charge is -2.09. The lowest BCUT2D eigenvalue weighted by atomic mass is 10.0. The van der Waals surface area contributed by atoms with Crippen molar-refractivity contribution in [3.8, 4) is 0 Å². The molecule has 1 aliphatic rings. The second-order valence-electron chi connectivity index (χ2n) is 6.37. The summed E-state index contributed by atoms with van der Waals surface area (Å²) in [5, 5.41) is 10.8. The van der Waals surface area contributed by atoms with E-state index >= 15 is 0 Å². The first kappa shape index (κ1) is 22.4. The van der Waals surface area contributed by atoms with E-state index in [1.807, 2.05) is 62.4 Å². The first-order valence-corrected chi connectivity index (χ1v) is 10.2. The molecule has 0 spiro atoms. The number of rotatable bonds is 3. The van der Waals surface area contributed by atoms with Crippen molar-refractivity contribution in [2.24, 2.45) is 15.7 Å². The number of pyridine rings is 1. The Morgan fingerprint density at radius 2 is 1.72 bits per heavy atom. The van der Waals surface area contributed by atoms with E-state index in [0.717, 1.165) is 11.1 Å². The minimum atomic E-state index is -1.18. The fourth-order valence-corrected chi connectivity index (χ4v) is 2.96. The number of benzodiazepines with no additional fused rings is 1. The van der Waals surface area contributed by atoms with E-state index in [0.29, 0.717) is 17.1 Å². The normalized spacial score (nSPS) is 15.2. The van der Waals surface area contributed by atoms with Crippen molar-refractivity contribution in [2.75, 3.05) is 5.32 Å². The van der Waals surface area contributed by atoms with Crippen LogP contribution < -0.4 is 11.1 Å². The number of carbonyl (C=O) groups is 1. The van der Waals surface area contributed by atoms with Crippen LogP contribution in [0.5, 0.6) is 0 Å². The number of nitrogens with zero attached hydrogens (tertiary/aromatic N) is 3. The highest BCUT2D eigenvalue weighted by Gasteiger charge is 2.26. The molecule has 2 aromatic carbocycles. The highest BCUT2D eigenvalue weighted by molar-refractivity contribution is 6.19. The van der Waals surface area contributed by atoms with Crippen LogP contribution in [0.3, 0.4) is 0 Å². The summed E-state index contributed by atoms with van der Waals surface area (Å²) >= 11 is 0. The first-order chi connectivity index (χ1) is 15.6. The molecule has 0 aliphatic carbocycles. The Bertz CT molecular complexity index is 1140. The molecule has 1 amide bonds. The van der Waals surface area contributed by atoms with E-state index < -0.39 is 12.1 Å². The Balaban J connectivity index is 0.00000141. The van der Waals surface area contributed by atoms with Crippen LogP contribution >= 0.6 is 0 Å². The van der Waals surface area contributed by atoms with Crippen molar-refractivity contribution >= 4 is 29.2 Å². The van der Waals surface area contributed by atoms with Gasteiger partial charge in [-0.2, -0.15) is 4.99 Å². The Morgan fingerprint density at radius 3 is 2.44 bits per heavy atom. The zero-order valence-corrected chi connectivity index (χ0v) is 17.8. The highest BCUT2D eigenvalue weighted by atomic mass is 16.5. The summed E-state index contributed by atoms with van der Waals surface area (Å²) in [6, 6.07) is 21.6. The molecular weight excluding hydrogens is 404 g/mol. The zero-order chi connectivity index (χ0) is 22.9. The molecule has 8 nitrogen and oxygen atoms in total. The quantitative estimate of drug-likeness (QED) is 0.435. The molecule has 1 unspecified atom stereocenters. The fraction of sp³-hybridized carbons (Fsp3) is 0.125. The predicted octanol–water partition coefficient (Wildman–Crippen LogP) is 3.58. The summed E-state index contributed by atoms with van der Waals surface area (Å²) in [4.78, 5) is 25.4. The van der Waals surface area contributed by atoms with Gasteiger partial charge in [-0.3, -0.25) is 15.2 Å². The number of nitrogens with two attached hydrogens (primary N) is 1. The average Bonchev–Trinajstić information content (AvgIpc) is 2.97. The molecule has 0 saturated carbocycles. The SMILES string of the molecule is CC.N=C(O/C(N)=N/C1N=C(c2ccccc2)c2ccccc2NC1=O)c1ccccn1. The summed E-state index contributed by atoms with van der Waals surface area (Å²) in [6.07, 6.45) is 0.358. The second-order valence-corrected chi connectivity index (χ2v) is 6.37. The van der Waals surface area contributed by atoms with E-state index in [9.17, 15) is 4.79 Å². The van der Waals surface area contributed by atoms with Gasteiger partial charge >= 0.3 is 0 Å². The number of ether oxygens (including phenoxy) is 1. The topological polar surface area (TPSA) is 126 Å². The van der Waals surface area contributed by atoms with Gasteiger partial charge in [-0.1, -0.05) is 68.4 Å².